The van der Waals surface area contributed by atoms with Gasteiger partial charge in [-0.3, -0.25) is 4.79 Å². The third kappa shape index (κ3) is 2.92. The quantitative estimate of drug-likeness (QED) is 0.789. The fraction of sp³-hybridized carbons (Fsp3) is 0.231. The summed E-state index contributed by atoms with van der Waals surface area (Å²) in [5, 5.41) is 21.2. The van der Waals surface area contributed by atoms with Crippen LogP contribution < -0.4 is 5.32 Å². The number of carboxylic acid groups (broad SMARTS) is 1. The Morgan fingerprint density at radius 1 is 1.35 bits per heavy atom. The van der Waals surface area contributed by atoms with E-state index in [1.165, 1.54) is 11.3 Å². The van der Waals surface area contributed by atoms with Crippen LogP contribution in [0.5, 0.6) is 0 Å². The number of carbonyl (C=O) groups is 2. The molecule has 0 saturated carbocycles. The molecule has 1 aromatic heterocycles. The molecule has 1 unspecified atom stereocenters. The van der Waals surface area contributed by atoms with Crippen molar-refractivity contribution in [3.8, 4) is 0 Å². The van der Waals surface area contributed by atoms with Gasteiger partial charge in [-0.2, -0.15) is 0 Å². The summed E-state index contributed by atoms with van der Waals surface area (Å²) in [7, 11) is 0. The van der Waals surface area contributed by atoms with Gasteiger partial charge in [-0.1, -0.05) is 29.8 Å². The molecule has 2 rings (SSSR count). The van der Waals surface area contributed by atoms with Crippen LogP contribution in [-0.4, -0.2) is 34.7 Å². The van der Waals surface area contributed by atoms with Crippen molar-refractivity contribution in [1.29, 1.82) is 0 Å². The van der Waals surface area contributed by atoms with Crippen molar-refractivity contribution in [2.45, 2.75) is 12.5 Å². The summed E-state index contributed by atoms with van der Waals surface area (Å²) in [5.74, 6) is -1.73. The number of hydrogen-bond acceptors (Lipinski definition) is 4. The molecule has 1 amide bonds. The predicted octanol–water partition coefficient (Wildman–Crippen LogP) is 2.12. The van der Waals surface area contributed by atoms with Gasteiger partial charge in [0, 0.05) is 23.1 Å². The first-order valence-corrected chi connectivity index (χ1v) is 7.05. The number of fused-ring (bicyclic) bond motifs is 1. The van der Waals surface area contributed by atoms with Gasteiger partial charge in [0.25, 0.3) is 5.91 Å². The van der Waals surface area contributed by atoms with Gasteiger partial charge in [-0.25, -0.2) is 4.79 Å². The number of amides is 1. The van der Waals surface area contributed by atoms with Crippen molar-refractivity contribution in [2.75, 3.05) is 6.61 Å². The van der Waals surface area contributed by atoms with Crippen molar-refractivity contribution in [2.24, 2.45) is 0 Å². The Kier molecular flexibility index (Phi) is 4.59. The minimum absolute atomic E-state index is 0.0520. The highest BCUT2D eigenvalue weighted by Gasteiger charge is 2.23. The van der Waals surface area contributed by atoms with Crippen LogP contribution in [0.4, 0.5) is 0 Å². The summed E-state index contributed by atoms with van der Waals surface area (Å²) in [6.45, 7) is -0.322. The molecule has 0 radical (unpaired) electrons. The molecule has 0 saturated heterocycles. The summed E-state index contributed by atoms with van der Waals surface area (Å²) in [5.41, 5.74) is 0. The Labute approximate surface area is 123 Å². The molecule has 0 aliphatic carbocycles. The summed E-state index contributed by atoms with van der Waals surface area (Å²) >= 11 is 7.35. The number of aliphatic hydroxyl groups excluding tert-OH is 1. The van der Waals surface area contributed by atoms with E-state index in [1.54, 1.807) is 6.07 Å². The molecule has 1 heterocycles. The summed E-state index contributed by atoms with van der Waals surface area (Å²) < 4.78 is 0.858. The number of nitrogens with one attached hydrogen (secondary N) is 1. The van der Waals surface area contributed by atoms with Gasteiger partial charge in [-0.15, -0.1) is 11.3 Å². The van der Waals surface area contributed by atoms with Gasteiger partial charge in [0.05, 0.1) is 5.02 Å². The summed E-state index contributed by atoms with van der Waals surface area (Å²) in [6, 6.07) is 6.16. The average Bonchev–Trinajstić information content (AvgIpc) is 2.76. The maximum atomic E-state index is 12.1. The van der Waals surface area contributed by atoms with E-state index in [0.717, 1.165) is 10.1 Å². The standard InChI is InChI=1S/C13H12ClNO4S/c14-10-7-3-1-2-4-9(7)20-11(10)12(17)15-8(5-6-16)13(18)19/h1-4,8,16H,5-6H2,(H,15,17)(H,18,19). The molecule has 1 aromatic carbocycles. The molecular formula is C13H12ClNO4S. The van der Waals surface area contributed by atoms with Crippen molar-refractivity contribution in [1.82, 2.24) is 5.32 Å². The molecule has 0 aliphatic heterocycles. The van der Waals surface area contributed by atoms with Crippen LogP contribution in [0.25, 0.3) is 10.1 Å². The van der Waals surface area contributed by atoms with E-state index in [0.29, 0.717) is 5.02 Å². The number of halogens is 1. The Balaban J connectivity index is 2.27. The normalized spacial score (nSPS) is 12.3. The van der Waals surface area contributed by atoms with Crippen LogP contribution in [0.3, 0.4) is 0 Å². The van der Waals surface area contributed by atoms with Gasteiger partial charge < -0.3 is 15.5 Å². The summed E-state index contributed by atoms with van der Waals surface area (Å²) in [4.78, 5) is 23.3. The van der Waals surface area contributed by atoms with E-state index < -0.39 is 17.9 Å². The van der Waals surface area contributed by atoms with Crippen molar-refractivity contribution >= 4 is 44.9 Å². The molecule has 2 aromatic rings. The molecule has 5 nitrogen and oxygen atoms in total. The SMILES string of the molecule is O=C(NC(CCO)C(=O)O)c1sc2ccccc2c1Cl. The van der Waals surface area contributed by atoms with E-state index in [-0.39, 0.29) is 17.9 Å². The lowest BCUT2D eigenvalue weighted by Crippen LogP contribution is -2.41. The average molecular weight is 314 g/mol. The zero-order chi connectivity index (χ0) is 14.7. The van der Waals surface area contributed by atoms with Gasteiger partial charge in [0.1, 0.15) is 10.9 Å². The van der Waals surface area contributed by atoms with Crippen molar-refractivity contribution < 1.29 is 19.8 Å². The second kappa shape index (κ2) is 6.21. The highest BCUT2D eigenvalue weighted by atomic mass is 35.5. The third-order valence-electron chi connectivity index (χ3n) is 2.76. The number of carboxylic acids is 1. The van der Waals surface area contributed by atoms with Crippen molar-refractivity contribution in [3.63, 3.8) is 0 Å². The Hall–Kier alpha value is -1.63. The molecule has 20 heavy (non-hydrogen) atoms. The first-order chi connectivity index (χ1) is 9.54. The molecule has 1 atom stereocenters. The highest BCUT2D eigenvalue weighted by molar-refractivity contribution is 7.21. The number of thiophene rings is 1. The zero-order valence-electron chi connectivity index (χ0n) is 10.3. The van der Waals surface area contributed by atoms with E-state index in [2.05, 4.69) is 5.32 Å². The van der Waals surface area contributed by atoms with E-state index in [1.807, 2.05) is 18.2 Å². The smallest absolute Gasteiger partial charge is 0.326 e. The molecule has 106 valence electrons. The lowest BCUT2D eigenvalue weighted by molar-refractivity contribution is -0.139. The number of aliphatic hydroxyl groups is 1. The molecule has 0 bridgehead atoms. The van der Waals surface area contributed by atoms with E-state index in [9.17, 15) is 9.59 Å². The van der Waals surface area contributed by atoms with E-state index in [4.69, 9.17) is 21.8 Å². The molecule has 0 fully saturated rings. The fourth-order valence-corrected chi connectivity index (χ4v) is 3.19. The molecule has 3 N–H and O–H groups in total. The fourth-order valence-electron chi connectivity index (χ4n) is 1.77. The largest absolute Gasteiger partial charge is 0.480 e. The van der Waals surface area contributed by atoms with Gasteiger partial charge in [-0.05, 0) is 6.07 Å². The Morgan fingerprint density at radius 2 is 2.05 bits per heavy atom. The molecule has 7 heteroatoms. The zero-order valence-corrected chi connectivity index (χ0v) is 11.9. The number of carbonyl (C=O) groups excluding carboxylic acids is 1. The van der Waals surface area contributed by atoms with Gasteiger partial charge in [0.15, 0.2) is 0 Å². The van der Waals surface area contributed by atoms with Crippen LogP contribution in [0.1, 0.15) is 16.1 Å². The Bertz CT molecular complexity index is 655. The lowest BCUT2D eigenvalue weighted by atomic mass is 10.2. The summed E-state index contributed by atoms with van der Waals surface area (Å²) in [6.07, 6.45) is -0.0520. The number of rotatable bonds is 5. The second-order valence-corrected chi connectivity index (χ2v) is 5.55. The van der Waals surface area contributed by atoms with Crippen molar-refractivity contribution in [3.05, 3.63) is 34.2 Å². The minimum Gasteiger partial charge on any atom is -0.480 e. The third-order valence-corrected chi connectivity index (χ3v) is 4.44. The monoisotopic (exact) mass is 313 g/mol. The highest BCUT2D eigenvalue weighted by Crippen LogP contribution is 2.35. The molecular weight excluding hydrogens is 302 g/mol. The Morgan fingerprint density at radius 3 is 2.65 bits per heavy atom. The minimum atomic E-state index is -1.19. The number of hydrogen-bond donors (Lipinski definition) is 3. The molecule has 0 spiro atoms. The van der Waals surface area contributed by atoms with Crippen LogP contribution in [0.2, 0.25) is 5.02 Å². The predicted molar refractivity (Wildman–Crippen MR) is 77.4 cm³/mol. The first-order valence-electron chi connectivity index (χ1n) is 5.86. The van der Waals surface area contributed by atoms with Crippen LogP contribution in [-0.2, 0) is 4.79 Å². The van der Waals surface area contributed by atoms with E-state index >= 15 is 0 Å². The van der Waals surface area contributed by atoms with Gasteiger partial charge in [0.2, 0.25) is 0 Å². The maximum Gasteiger partial charge on any atom is 0.326 e. The lowest BCUT2D eigenvalue weighted by Gasteiger charge is -2.12. The topological polar surface area (TPSA) is 86.6 Å². The van der Waals surface area contributed by atoms with Crippen LogP contribution in [0, 0.1) is 0 Å². The first kappa shape index (κ1) is 14.8. The second-order valence-electron chi connectivity index (χ2n) is 4.12. The number of aliphatic carboxylic acids is 1. The van der Waals surface area contributed by atoms with Crippen LogP contribution >= 0.6 is 22.9 Å². The number of benzene rings is 1. The van der Waals surface area contributed by atoms with Gasteiger partial charge >= 0.3 is 5.97 Å². The maximum absolute atomic E-state index is 12.1. The molecule has 0 aliphatic rings. The van der Waals surface area contributed by atoms with Crippen LogP contribution in [0.15, 0.2) is 24.3 Å².